The van der Waals surface area contributed by atoms with Crippen LogP contribution in [0.1, 0.15) is 5.56 Å². The number of ether oxygens (including phenoxy) is 2. The fourth-order valence-corrected chi connectivity index (χ4v) is 1.07. The van der Waals surface area contributed by atoms with E-state index < -0.39 is 0 Å². The van der Waals surface area contributed by atoms with Gasteiger partial charge in [0.05, 0.1) is 19.8 Å². The Bertz CT molecular complexity index is 236. The molecule has 0 aliphatic carbocycles. The van der Waals surface area contributed by atoms with E-state index in [0.29, 0.717) is 17.1 Å². The number of benzene rings is 1. The average molecular weight is 167 g/mol. The molecule has 12 heavy (non-hydrogen) atoms. The van der Waals surface area contributed by atoms with Crippen molar-refractivity contribution in [2.45, 2.75) is 6.61 Å². The fraction of sp³-hybridized carbons (Fsp3) is 0.333. The summed E-state index contributed by atoms with van der Waals surface area (Å²) < 4.78 is 10.00. The maximum Gasteiger partial charge on any atom is 0.128 e. The first-order valence-electron chi connectivity index (χ1n) is 3.61. The van der Waals surface area contributed by atoms with E-state index in [0.717, 1.165) is 0 Å². The second kappa shape index (κ2) is 3.97. The SMILES string of the molecule is COc1cccc(OC)c1C[O]. The maximum absolute atomic E-state index is 10.7. The van der Waals surface area contributed by atoms with E-state index in [-0.39, 0.29) is 6.61 Å². The fourth-order valence-electron chi connectivity index (χ4n) is 1.07. The van der Waals surface area contributed by atoms with Crippen LogP contribution in [-0.2, 0) is 11.7 Å². The van der Waals surface area contributed by atoms with Crippen LogP contribution in [0.5, 0.6) is 11.5 Å². The van der Waals surface area contributed by atoms with Gasteiger partial charge in [0.2, 0.25) is 0 Å². The third-order valence-electron chi connectivity index (χ3n) is 1.67. The first kappa shape index (κ1) is 8.87. The summed E-state index contributed by atoms with van der Waals surface area (Å²) in [5.41, 5.74) is 0.572. The van der Waals surface area contributed by atoms with Gasteiger partial charge in [-0.1, -0.05) is 6.07 Å². The van der Waals surface area contributed by atoms with Crippen molar-refractivity contribution in [2.24, 2.45) is 0 Å². The molecule has 1 aromatic carbocycles. The zero-order chi connectivity index (χ0) is 8.97. The smallest absolute Gasteiger partial charge is 0.128 e. The summed E-state index contributed by atoms with van der Waals surface area (Å²) in [6.45, 7) is -0.326. The molecule has 0 bridgehead atoms. The van der Waals surface area contributed by atoms with Crippen LogP contribution in [0, 0.1) is 0 Å². The van der Waals surface area contributed by atoms with Crippen LogP contribution in [0.2, 0.25) is 0 Å². The van der Waals surface area contributed by atoms with Crippen molar-refractivity contribution in [2.75, 3.05) is 14.2 Å². The Hall–Kier alpha value is -1.22. The molecule has 0 fully saturated rings. The third-order valence-corrected chi connectivity index (χ3v) is 1.67. The molecule has 0 aromatic heterocycles. The number of hydrogen-bond acceptors (Lipinski definition) is 2. The van der Waals surface area contributed by atoms with Crippen molar-refractivity contribution in [1.82, 2.24) is 0 Å². The van der Waals surface area contributed by atoms with Crippen molar-refractivity contribution in [1.29, 1.82) is 0 Å². The minimum absolute atomic E-state index is 0.326. The molecule has 0 heterocycles. The number of rotatable bonds is 3. The molecule has 0 saturated heterocycles. The second-order valence-electron chi connectivity index (χ2n) is 2.29. The first-order valence-corrected chi connectivity index (χ1v) is 3.61. The minimum Gasteiger partial charge on any atom is -0.496 e. The molecule has 0 unspecified atom stereocenters. The molecule has 65 valence electrons. The van der Waals surface area contributed by atoms with Crippen LogP contribution in [0.4, 0.5) is 0 Å². The van der Waals surface area contributed by atoms with Crippen molar-refractivity contribution < 1.29 is 14.6 Å². The van der Waals surface area contributed by atoms with Crippen molar-refractivity contribution >= 4 is 0 Å². The predicted molar refractivity (Wildman–Crippen MR) is 43.9 cm³/mol. The van der Waals surface area contributed by atoms with Gasteiger partial charge in [0, 0.05) is 0 Å². The van der Waals surface area contributed by atoms with Gasteiger partial charge in [0.15, 0.2) is 0 Å². The molecule has 0 aliphatic rings. The van der Waals surface area contributed by atoms with Gasteiger partial charge >= 0.3 is 0 Å². The molecule has 3 nitrogen and oxygen atoms in total. The Balaban J connectivity index is 3.13. The lowest BCUT2D eigenvalue weighted by Crippen LogP contribution is -1.95. The lowest BCUT2D eigenvalue weighted by molar-refractivity contribution is 0.170. The standard InChI is InChI=1S/C9H11O3/c1-11-8-4-3-5-9(12-2)7(8)6-10/h3-5H,6H2,1-2H3. The second-order valence-corrected chi connectivity index (χ2v) is 2.29. The van der Waals surface area contributed by atoms with Gasteiger partial charge in [0.25, 0.3) is 0 Å². The normalized spacial score (nSPS) is 9.58. The highest BCUT2D eigenvalue weighted by Crippen LogP contribution is 2.27. The topological polar surface area (TPSA) is 38.4 Å². The van der Waals surface area contributed by atoms with E-state index in [1.165, 1.54) is 14.2 Å². The Kier molecular flexibility index (Phi) is 2.94. The summed E-state index contributed by atoms with van der Waals surface area (Å²) >= 11 is 0. The van der Waals surface area contributed by atoms with E-state index in [1.807, 2.05) is 0 Å². The summed E-state index contributed by atoms with van der Waals surface area (Å²) in [6.07, 6.45) is 0. The molecule has 1 rings (SSSR count). The molecular weight excluding hydrogens is 156 g/mol. The van der Waals surface area contributed by atoms with Gasteiger partial charge in [-0.25, -0.2) is 5.11 Å². The van der Waals surface area contributed by atoms with E-state index >= 15 is 0 Å². The minimum atomic E-state index is -0.326. The van der Waals surface area contributed by atoms with Crippen molar-refractivity contribution in [3.63, 3.8) is 0 Å². The molecule has 1 radical (unpaired) electrons. The van der Waals surface area contributed by atoms with Crippen LogP contribution in [0.3, 0.4) is 0 Å². The highest BCUT2D eigenvalue weighted by atomic mass is 16.5. The largest absolute Gasteiger partial charge is 0.496 e. The van der Waals surface area contributed by atoms with Gasteiger partial charge in [-0.2, -0.15) is 0 Å². The van der Waals surface area contributed by atoms with E-state index in [1.54, 1.807) is 18.2 Å². The summed E-state index contributed by atoms with van der Waals surface area (Å²) in [6, 6.07) is 5.28. The summed E-state index contributed by atoms with van der Waals surface area (Å²) in [4.78, 5) is 0. The van der Waals surface area contributed by atoms with Crippen LogP contribution in [0.15, 0.2) is 18.2 Å². The average Bonchev–Trinajstić information content (AvgIpc) is 2.16. The molecule has 0 aliphatic heterocycles. The summed E-state index contributed by atoms with van der Waals surface area (Å²) in [5, 5.41) is 10.7. The zero-order valence-corrected chi connectivity index (χ0v) is 7.16. The van der Waals surface area contributed by atoms with Crippen LogP contribution < -0.4 is 9.47 Å². The molecule has 0 amide bonds. The van der Waals surface area contributed by atoms with Crippen LogP contribution in [-0.4, -0.2) is 14.2 Å². The lowest BCUT2D eigenvalue weighted by atomic mass is 10.2. The highest BCUT2D eigenvalue weighted by Gasteiger charge is 2.07. The van der Waals surface area contributed by atoms with Crippen LogP contribution >= 0.6 is 0 Å². The van der Waals surface area contributed by atoms with Crippen molar-refractivity contribution in [3.05, 3.63) is 23.8 Å². The molecule has 1 aromatic rings. The molecule has 0 N–H and O–H groups in total. The predicted octanol–water partition coefficient (Wildman–Crippen LogP) is 1.63. The monoisotopic (exact) mass is 167 g/mol. The number of hydrogen-bond donors (Lipinski definition) is 0. The van der Waals surface area contributed by atoms with Crippen molar-refractivity contribution in [3.8, 4) is 11.5 Å². The Morgan fingerprint density at radius 3 is 2.00 bits per heavy atom. The van der Waals surface area contributed by atoms with Gasteiger partial charge in [0.1, 0.15) is 18.1 Å². The van der Waals surface area contributed by atoms with E-state index in [2.05, 4.69) is 0 Å². The highest BCUT2D eigenvalue weighted by molar-refractivity contribution is 5.44. The molecule has 0 saturated carbocycles. The van der Waals surface area contributed by atoms with Gasteiger partial charge < -0.3 is 9.47 Å². The Morgan fingerprint density at radius 2 is 1.67 bits per heavy atom. The maximum atomic E-state index is 10.7. The van der Waals surface area contributed by atoms with Gasteiger partial charge in [-0.05, 0) is 12.1 Å². The molecular formula is C9H11O3. The van der Waals surface area contributed by atoms with E-state index in [9.17, 15) is 5.11 Å². The van der Waals surface area contributed by atoms with E-state index in [4.69, 9.17) is 9.47 Å². The van der Waals surface area contributed by atoms with Crippen LogP contribution in [0.25, 0.3) is 0 Å². The number of methoxy groups -OCH3 is 2. The Morgan fingerprint density at radius 1 is 1.17 bits per heavy atom. The lowest BCUT2D eigenvalue weighted by Gasteiger charge is -2.09. The summed E-state index contributed by atoms with van der Waals surface area (Å²) in [5.74, 6) is 1.17. The summed E-state index contributed by atoms with van der Waals surface area (Å²) in [7, 11) is 3.07. The third kappa shape index (κ3) is 1.51. The molecule has 0 spiro atoms. The zero-order valence-electron chi connectivity index (χ0n) is 7.16. The Labute approximate surface area is 71.5 Å². The first-order chi connectivity index (χ1) is 5.83. The quantitative estimate of drug-likeness (QED) is 0.686. The molecule has 0 atom stereocenters. The van der Waals surface area contributed by atoms with Gasteiger partial charge in [-0.15, -0.1) is 0 Å². The molecule has 3 heteroatoms. The van der Waals surface area contributed by atoms with Gasteiger partial charge in [-0.3, -0.25) is 0 Å².